The maximum absolute atomic E-state index is 13.4. The van der Waals surface area contributed by atoms with Crippen LogP contribution in [-0.4, -0.2) is 23.5 Å². The Morgan fingerprint density at radius 2 is 2.12 bits per heavy atom. The molecule has 0 aromatic heterocycles. The molecule has 1 aromatic carbocycles. The third-order valence-corrected chi connectivity index (χ3v) is 3.71. The van der Waals surface area contributed by atoms with Crippen molar-refractivity contribution in [2.24, 2.45) is 5.73 Å². The molecule has 2 N–H and O–H groups in total. The summed E-state index contributed by atoms with van der Waals surface area (Å²) in [5.41, 5.74) is 8.36. The summed E-state index contributed by atoms with van der Waals surface area (Å²) in [6, 6.07) is 5.70. The van der Waals surface area contributed by atoms with Crippen LogP contribution in [0.2, 0.25) is 0 Å². The summed E-state index contributed by atoms with van der Waals surface area (Å²) in [7, 11) is 0. The molecule has 1 aliphatic rings. The van der Waals surface area contributed by atoms with E-state index in [4.69, 9.17) is 5.73 Å². The summed E-state index contributed by atoms with van der Waals surface area (Å²) in [5.74, 6) is -0.173. The number of hydrogen-bond donors (Lipinski definition) is 1. The van der Waals surface area contributed by atoms with Gasteiger partial charge in [0.05, 0.1) is 6.04 Å². The van der Waals surface area contributed by atoms with Crippen LogP contribution in [0.4, 0.5) is 4.39 Å². The van der Waals surface area contributed by atoms with Gasteiger partial charge in [-0.1, -0.05) is 6.07 Å². The van der Waals surface area contributed by atoms with Crippen molar-refractivity contribution in [1.82, 2.24) is 4.90 Å². The van der Waals surface area contributed by atoms with Gasteiger partial charge in [-0.2, -0.15) is 0 Å². The molecule has 0 aliphatic carbocycles. The van der Waals surface area contributed by atoms with Crippen molar-refractivity contribution < 1.29 is 4.39 Å². The zero-order chi connectivity index (χ0) is 12.6. The number of halogens is 1. The Morgan fingerprint density at radius 3 is 2.76 bits per heavy atom. The number of nitrogens with two attached hydrogens (primary N) is 1. The molecule has 17 heavy (non-hydrogen) atoms. The summed E-state index contributed by atoms with van der Waals surface area (Å²) >= 11 is 0. The molecule has 2 nitrogen and oxygen atoms in total. The highest BCUT2D eigenvalue weighted by molar-refractivity contribution is 5.31. The minimum absolute atomic E-state index is 0.109. The fraction of sp³-hybridized carbons (Fsp3) is 0.571. The van der Waals surface area contributed by atoms with Crippen molar-refractivity contribution in [2.75, 3.05) is 6.54 Å². The fourth-order valence-electron chi connectivity index (χ4n) is 2.76. The van der Waals surface area contributed by atoms with Crippen molar-refractivity contribution in [2.45, 2.75) is 45.3 Å². The molecule has 1 aromatic rings. The summed E-state index contributed by atoms with van der Waals surface area (Å²) in [5, 5.41) is 0. The van der Waals surface area contributed by atoms with Crippen LogP contribution in [0.5, 0.6) is 0 Å². The molecule has 2 atom stereocenters. The van der Waals surface area contributed by atoms with Crippen LogP contribution in [0.25, 0.3) is 0 Å². The first-order valence-corrected chi connectivity index (χ1v) is 6.28. The van der Waals surface area contributed by atoms with E-state index in [2.05, 4.69) is 18.7 Å². The molecule has 1 saturated heterocycles. The molecule has 1 heterocycles. The van der Waals surface area contributed by atoms with Crippen LogP contribution in [0.3, 0.4) is 0 Å². The second-order valence-corrected chi connectivity index (χ2v) is 5.23. The number of rotatable bonds is 2. The van der Waals surface area contributed by atoms with Crippen molar-refractivity contribution in [1.29, 1.82) is 0 Å². The quantitative estimate of drug-likeness (QED) is 0.855. The Labute approximate surface area is 103 Å². The molecular formula is C14H21FN2. The predicted octanol–water partition coefficient (Wildman–Crippen LogP) is 2.62. The van der Waals surface area contributed by atoms with Gasteiger partial charge in [0.1, 0.15) is 5.82 Å². The van der Waals surface area contributed by atoms with Gasteiger partial charge in [-0.3, -0.25) is 4.90 Å². The van der Waals surface area contributed by atoms with Crippen LogP contribution in [0, 0.1) is 12.7 Å². The zero-order valence-corrected chi connectivity index (χ0v) is 10.8. The predicted molar refractivity (Wildman–Crippen MR) is 68.3 cm³/mol. The Balaban J connectivity index is 2.39. The van der Waals surface area contributed by atoms with Gasteiger partial charge < -0.3 is 5.73 Å². The van der Waals surface area contributed by atoms with E-state index in [1.807, 2.05) is 13.0 Å². The fourth-order valence-corrected chi connectivity index (χ4v) is 2.76. The van der Waals surface area contributed by atoms with E-state index in [9.17, 15) is 4.39 Å². The molecule has 0 radical (unpaired) electrons. The van der Waals surface area contributed by atoms with Crippen LogP contribution in [0.1, 0.15) is 37.4 Å². The van der Waals surface area contributed by atoms with Crippen molar-refractivity contribution in [3.05, 3.63) is 35.1 Å². The van der Waals surface area contributed by atoms with Crippen molar-refractivity contribution in [3.63, 3.8) is 0 Å². The molecule has 0 amide bonds. The monoisotopic (exact) mass is 236 g/mol. The molecule has 0 spiro atoms. The third kappa shape index (κ3) is 2.35. The highest BCUT2D eigenvalue weighted by Gasteiger charge is 2.35. The lowest BCUT2D eigenvalue weighted by molar-refractivity contribution is 0.197. The van der Waals surface area contributed by atoms with Gasteiger partial charge in [-0.25, -0.2) is 4.39 Å². The second kappa shape index (κ2) is 4.75. The number of benzene rings is 1. The normalized spacial score (nSPS) is 25.8. The SMILES string of the molecule is Cc1ccc(F)cc1C1C(N)CCN1C(C)C. The van der Waals surface area contributed by atoms with Crippen LogP contribution >= 0.6 is 0 Å². The van der Waals surface area contributed by atoms with Crippen LogP contribution in [0.15, 0.2) is 18.2 Å². The third-order valence-electron chi connectivity index (χ3n) is 3.71. The lowest BCUT2D eigenvalue weighted by Crippen LogP contribution is -2.36. The highest BCUT2D eigenvalue weighted by atomic mass is 19.1. The first-order chi connectivity index (χ1) is 8.00. The molecule has 94 valence electrons. The van der Waals surface area contributed by atoms with Crippen molar-refractivity contribution in [3.8, 4) is 0 Å². The Morgan fingerprint density at radius 1 is 1.41 bits per heavy atom. The molecule has 2 unspecified atom stereocenters. The van der Waals surface area contributed by atoms with Crippen molar-refractivity contribution >= 4 is 0 Å². The number of hydrogen-bond acceptors (Lipinski definition) is 2. The van der Waals surface area contributed by atoms with Gasteiger partial charge in [0.2, 0.25) is 0 Å². The summed E-state index contributed by atoms with van der Waals surface area (Å²) < 4.78 is 13.4. The molecule has 2 rings (SSSR count). The summed E-state index contributed by atoms with van der Waals surface area (Å²) in [6.45, 7) is 7.36. The lowest BCUT2D eigenvalue weighted by atomic mass is 9.96. The first-order valence-electron chi connectivity index (χ1n) is 6.28. The van der Waals surface area contributed by atoms with Crippen LogP contribution in [-0.2, 0) is 0 Å². The van der Waals surface area contributed by atoms with E-state index in [1.54, 1.807) is 6.07 Å². The van der Waals surface area contributed by atoms with Gasteiger partial charge in [0.15, 0.2) is 0 Å². The topological polar surface area (TPSA) is 29.3 Å². The Bertz CT molecular complexity index is 403. The molecule has 1 aliphatic heterocycles. The smallest absolute Gasteiger partial charge is 0.123 e. The molecule has 0 saturated carbocycles. The summed E-state index contributed by atoms with van der Waals surface area (Å²) in [4.78, 5) is 2.37. The van der Waals surface area contributed by atoms with E-state index >= 15 is 0 Å². The number of aryl methyl sites for hydroxylation is 1. The average Bonchev–Trinajstić information content (AvgIpc) is 2.64. The second-order valence-electron chi connectivity index (χ2n) is 5.23. The minimum atomic E-state index is -0.173. The van der Waals surface area contributed by atoms with E-state index in [-0.39, 0.29) is 17.9 Å². The van der Waals surface area contributed by atoms with E-state index in [1.165, 1.54) is 6.07 Å². The van der Waals surface area contributed by atoms with Gasteiger partial charge in [0.25, 0.3) is 0 Å². The molecule has 3 heteroatoms. The average molecular weight is 236 g/mol. The van der Waals surface area contributed by atoms with Crippen LogP contribution < -0.4 is 5.73 Å². The van der Waals surface area contributed by atoms with E-state index in [0.717, 1.165) is 24.1 Å². The Kier molecular flexibility index (Phi) is 3.50. The number of likely N-dealkylation sites (tertiary alicyclic amines) is 1. The van der Waals surface area contributed by atoms with Gasteiger partial charge in [0, 0.05) is 18.6 Å². The van der Waals surface area contributed by atoms with Gasteiger partial charge in [-0.15, -0.1) is 0 Å². The summed E-state index contributed by atoms with van der Waals surface area (Å²) in [6.07, 6.45) is 0.985. The Hall–Kier alpha value is -0.930. The highest BCUT2D eigenvalue weighted by Crippen LogP contribution is 2.34. The first kappa shape index (κ1) is 12.5. The number of nitrogens with zero attached hydrogens (tertiary/aromatic N) is 1. The molecule has 0 bridgehead atoms. The molecular weight excluding hydrogens is 215 g/mol. The van der Waals surface area contributed by atoms with Gasteiger partial charge in [-0.05, 0) is 50.5 Å². The molecule has 1 fully saturated rings. The standard InChI is InChI=1S/C14H21FN2/c1-9(2)17-7-6-13(16)14(17)12-8-11(15)5-4-10(12)3/h4-5,8-9,13-14H,6-7,16H2,1-3H3. The van der Waals surface area contributed by atoms with E-state index in [0.29, 0.717) is 6.04 Å². The maximum Gasteiger partial charge on any atom is 0.123 e. The van der Waals surface area contributed by atoms with Gasteiger partial charge >= 0.3 is 0 Å². The largest absolute Gasteiger partial charge is 0.326 e. The maximum atomic E-state index is 13.4. The lowest BCUT2D eigenvalue weighted by Gasteiger charge is -2.31. The minimum Gasteiger partial charge on any atom is -0.326 e. The van der Waals surface area contributed by atoms with E-state index < -0.39 is 0 Å². The zero-order valence-electron chi connectivity index (χ0n) is 10.8.